The molecular formula is C10H24F2NO4PS2. The van der Waals surface area contributed by atoms with Gasteiger partial charge in [0, 0.05) is 0 Å². The van der Waals surface area contributed by atoms with Gasteiger partial charge in [-0.05, 0) is 0 Å². The molecule has 124 valence electrons. The standard InChI is InChI=1S/C10H24F2NO4PS2/c1-5-9-10-18(6-2,7-3,8-4)13(19(11,14)15)20(12,16)17/h5-10H2,1-4H3. The van der Waals surface area contributed by atoms with E-state index in [9.17, 15) is 24.6 Å². The fourth-order valence-corrected chi connectivity index (χ4v) is 14.9. The summed E-state index contributed by atoms with van der Waals surface area (Å²) in [6, 6.07) is 0. The Hall–Kier alpha value is 0.150. The normalized spacial score (nSPS) is 16.1. The summed E-state index contributed by atoms with van der Waals surface area (Å²) >= 11 is 0. The van der Waals surface area contributed by atoms with Crippen LogP contribution < -0.4 is 0 Å². The van der Waals surface area contributed by atoms with Crippen LogP contribution in [0.2, 0.25) is 0 Å². The van der Waals surface area contributed by atoms with Crippen LogP contribution in [0.3, 0.4) is 0 Å². The maximum atomic E-state index is 13.6. The summed E-state index contributed by atoms with van der Waals surface area (Å²) in [4.78, 5) is 0. The fraction of sp³-hybridized carbons (Fsp3) is 1.00. The number of hydrogen-bond acceptors (Lipinski definition) is 4. The molecule has 0 fully saturated rings. The van der Waals surface area contributed by atoms with Gasteiger partial charge in [0.05, 0.1) is 0 Å². The average Bonchev–Trinajstić information content (AvgIpc) is 2.32. The molecule has 0 saturated heterocycles. The van der Waals surface area contributed by atoms with Crippen LogP contribution in [0, 0.1) is 0 Å². The van der Waals surface area contributed by atoms with E-state index in [-0.39, 0.29) is 24.6 Å². The topological polar surface area (TPSA) is 71.5 Å². The summed E-state index contributed by atoms with van der Waals surface area (Å²) in [7, 11) is -11.4. The third-order valence-electron chi connectivity index (χ3n) is 4.36. The van der Waals surface area contributed by atoms with Crippen LogP contribution in [-0.2, 0) is 20.8 Å². The van der Waals surface area contributed by atoms with Crippen LogP contribution in [0.15, 0.2) is 0 Å². The van der Waals surface area contributed by atoms with E-state index in [0.29, 0.717) is 12.8 Å². The predicted molar refractivity (Wildman–Crippen MR) is 80.2 cm³/mol. The third kappa shape index (κ3) is 3.67. The van der Waals surface area contributed by atoms with E-state index >= 15 is 0 Å². The Balaban J connectivity index is 6.47. The zero-order valence-corrected chi connectivity index (χ0v) is 14.9. The average molecular weight is 355 g/mol. The van der Waals surface area contributed by atoms with E-state index < -0.39 is 31.1 Å². The molecule has 20 heavy (non-hydrogen) atoms. The minimum atomic E-state index is -5.68. The first-order valence-electron chi connectivity index (χ1n) is 6.63. The van der Waals surface area contributed by atoms with Crippen LogP contribution in [0.1, 0.15) is 40.5 Å². The molecule has 5 nitrogen and oxygen atoms in total. The van der Waals surface area contributed by atoms with Crippen LogP contribution in [-0.4, -0.2) is 45.0 Å². The molecule has 0 aliphatic rings. The second-order valence-electron chi connectivity index (χ2n) is 5.00. The van der Waals surface area contributed by atoms with Gasteiger partial charge in [-0.2, -0.15) is 0 Å². The molecule has 10 heteroatoms. The van der Waals surface area contributed by atoms with Crippen LogP contribution >= 0.6 is 6.75 Å². The molecule has 0 spiro atoms. The SMILES string of the molecule is CCCCP(CC)(CC)(CC)N(S(=O)(=O)F)S(=O)(=O)F. The number of hydrogen-bond donors (Lipinski definition) is 0. The first kappa shape index (κ1) is 20.1. The molecule has 0 atom stereocenters. The Morgan fingerprint density at radius 1 is 0.850 bits per heavy atom. The Bertz CT molecular complexity index is 488. The number of nitrogens with zero attached hydrogens (tertiary/aromatic N) is 1. The molecule has 0 saturated carbocycles. The van der Waals surface area contributed by atoms with Crippen molar-refractivity contribution in [1.29, 1.82) is 0 Å². The second-order valence-corrected chi connectivity index (χ2v) is 14.7. The van der Waals surface area contributed by atoms with Gasteiger partial charge in [-0.15, -0.1) is 0 Å². The van der Waals surface area contributed by atoms with Gasteiger partial charge in [0.25, 0.3) is 0 Å². The van der Waals surface area contributed by atoms with Crippen LogP contribution in [0.5, 0.6) is 0 Å². The molecule has 0 bridgehead atoms. The van der Waals surface area contributed by atoms with E-state index in [0.717, 1.165) is 0 Å². The third-order valence-corrected chi connectivity index (χ3v) is 17.4. The molecule has 0 rings (SSSR count). The number of unbranched alkanes of at least 4 members (excludes halogenated alkanes) is 1. The van der Waals surface area contributed by atoms with Crippen molar-refractivity contribution in [1.82, 2.24) is 3.48 Å². The molecule has 0 N–H and O–H groups in total. The number of rotatable bonds is 9. The Morgan fingerprint density at radius 2 is 1.20 bits per heavy atom. The first-order valence-corrected chi connectivity index (χ1v) is 12.2. The van der Waals surface area contributed by atoms with Crippen molar-refractivity contribution in [3.63, 3.8) is 0 Å². The Kier molecular flexibility index (Phi) is 6.55. The van der Waals surface area contributed by atoms with Gasteiger partial charge >= 0.3 is 121 Å². The van der Waals surface area contributed by atoms with Crippen LogP contribution in [0.4, 0.5) is 7.77 Å². The zero-order valence-electron chi connectivity index (χ0n) is 12.3. The molecule has 0 radical (unpaired) electrons. The summed E-state index contributed by atoms with van der Waals surface area (Å²) in [6.45, 7) is 2.88. The summed E-state index contributed by atoms with van der Waals surface area (Å²) in [5, 5.41) is 0. The Morgan fingerprint density at radius 3 is 1.40 bits per heavy atom. The van der Waals surface area contributed by atoms with Crippen molar-refractivity contribution >= 4 is 27.6 Å². The summed E-state index contributed by atoms with van der Waals surface area (Å²) in [5.74, 6) is 0. The summed E-state index contributed by atoms with van der Waals surface area (Å²) in [6.07, 6.45) is 1.80. The molecule has 0 aromatic heterocycles. The van der Waals surface area contributed by atoms with Gasteiger partial charge in [0.1, 0.15) is 0 Å². The van der Waals surface area contributed by atoms with Crippen molar-refractivity contribution in [2.75, 3.05) is 24.6 Å². The van der Waals surface area contributed by atoms with Crippen LogP contribution in [0.25, 0.3) is 0 Å². The molecular weight excluding hydrogens is 331 g/mol. The quantitative estimate of drug-likeness (QED) is 0.471. The molecule has 0 heterocycles. The van der Waals surface area contributed by atoms with Gasteiger partial charge in [-0.25, -0.2) is 0 Å². The predicted octanol–water partition coefficient (Wildman–Crippen LogP) is 3.05. The van der Waals surface area contributed by atoms with E-state index in [1.54, 1.807) is 20.8 Å². The maximum absolute atomic E-state index is 13.6. The van der Waals surface area contributed by atoms with Crippen molar-refractivity contribution in [2.24, 2.45) is 0 Å². The molecule has 0 aliphatic heterocycles. The van der Waals surface area contributed by atoms with Gasteiger partial charge in [0.15, 0.2) is 0 Å². The van der Waals surface area contributed by atoms with E-state index in [1.165, 1.54) is 0 Å². The van der Waals surface area contributed by atoms with Gasteiger partial charge in [-0.1, -0.05) is 0 Å². The summed E-state index contributed by atoms with van der Waals surface area (Å²) < 4.78 is 72.1. The summed E-state index contributed by atoms with van der Waals surface area (Å²) in [5.41, 5.74) is 0. The first-order chi connectivity index (χ1) is 8.93. The van der Waals surface area contributed by atoms with Gasteiger partial charge in [-0.3, -0.25) is 0 Å². The Labute approximate surface area is 121 Å². The van der Waals surface area contributed by atoms with E-state index in [2.05, 4.69) is 0 Å². The molecule has 0 aromatic carbocycles. The minimum absolute atomic E-state index is 0.130. The monoisotopic (exact) mass is 355 g/mol. The van der Waals surface area contributed by atoms with Crippen molar-refractivity contribution < 1.29 is 24.6 Å². The van der Waals surface area contributed by atoms with Gasteiger partial charge in [0.2, 0.25) is 0 Å². The van der Waals surface area contributed by atoms with Crippen molar-refractivity contribution in [3.05, 3.63) is 0 Å². The second kappa shape index (κ2) is 6.50. The van der Waals surface area contributed by atoms with Crippen molar-refractivity contribution in [3.8, 4) is 0 Å². The fourth-order valence-electron chi connectivity index (χ4n) is 2.80. The molecule has 0 aromatic rings. The molecule has 0 unspecified atom stereocenters. The van der Waals surface area contributed by atoms with E-state index in [1.807, 2.05) is 6.92 Å². The van der Waals surface area contributed by atoms with Crippen molar-refractivity contribution in [2.45, 2.75) is 40.5 Å². The molecule has 0 aliphatic carbocycles. The van der Waals surface area contributed by atoms with Gasteiger partial charge < -0.3 is 0 Å². The number of halogens is 2. The van der Waals surface area contributed by atoms with E-state index in [4.69, 9.17) is 0 Å². The molecule has 0 amide bonds. The zero-order chi connectivity index (χ0) is 16.3.